The summed E-state index contributed by atoms with van der Waals surface area (Å²) in [6.07, 6.45) is 8.77. The normalized spacial score (nSPS) is 19.7. The first-order chi connectivity index (χ1) is 11.2. The van der Waals surface area contributed by atoms with Crippen LogP contribution in [-0.2, 0) is 9.59 Å². The fourth-order valence-corrected chi connectivity index (χ4v) is 3.03. The molecule has 124 valence electrons. The van der Waals surface area contributed by atoms with Crippen LogP contribution in [0, 0.1) is 0 Å². The summed E-state index contributed by atoms with van der Waals surface area (Å²) in [4.78, 5) is 30.2. The fraction of sp³-hybridized carbons (Fsp3) is 0.529. The molecule has 3 heterocycles. The number of furan rings is 1. The van der Waals surface area contributed by atoms with Crippen molar-refractivity contribution in [2.24, 2.45) is 0 Å². The van der Waals surface area contributed by atoms with E-state index in [1.54, 1.807) is 24.7 Å². The number of hydrogen-bond donors (Lipinski definition) is 0. The largest absolute Gasteiger partial charge is 0.472 e. The molecule has 0 radical (unpaired) electrons. The number of amides is 2. The third-order valence-electron chi connectivity index (χ3n) is 4.46. The molecule has 1 aromatic heterocycles. The molecule has 0 saturated carbocycles. The number of carbonyl (C=O) groups excluding carboxylic acids is 2. The van der Waals surface area contributed by atoms with Gasteiger partial charge >= 0.3 is 0 Å². The molecule has 2 saturated heterocycles. The molecular weight excluding hydrogens is 294 g/mol. The molecule has 2 fully saturated rings. The van der Waals surface area contributed by atoms with Crippen molar-refractivity contribution in [3.63, 3.8) is 0 Å². The van der Waals surface area contributed by atoms with E-state index in [1.807, 2.05) is 15.9 Å². The van der Waals surface area contributed by atoms with Crippen molar-refractivity contribution >= 4 is 17.9 Å². The minimum atomic E-state index is 0.0109. The summed E-state index contributed by atoms with van der Waals surface area (Å²) in [7, 11) is 0. The standard InChI is InChI=1S/C17H23N3O3/c21-16(4-3-15-5-12-23-14-15)20-10-8-18(9-11-20)13-17(22)19-6-1-2-7-19/h3-5,12,14H,1-2,6-11,13H2/b4-3+. The molecule has 0 bridgehead atoms. The molecule has 0 aromatic carbocycles. The number of nitrogens with zero attached hydrogens (tertiary/aromatic N) is 3. The van der Waals surface area contributed by atoms with Crippen LogP contribution >= 0.6 is 0 Å². The second kappa shape index (κ2) is 7.46. The van der Waals surface area contributed by atoms with Crippen molar-refractivity contribution < 1.29 is 14.0 Å². The van der Waals surface area contributed by atoms with Gasteiger partial charge in [0, 0.05) is 50.9 Å². The van der Waals surface area contributed by atoms with E-state index in [-0.39, 0.29) is 11.8 Å². The van der Waals surface area contributed by atoms with Crippen LogP contribution in [-0.4, -0.2) is 72.3 Å². The lowest BCUT2D eigenvalue weighted by atomic mass is 10.2. The summed E-state index contributed by atoms with van der Waals surface area (Å²) >= 11 is 0. The molecule has 0 unspecified atom stereocenters. The maximum Gasteiger partial charge on any atom is 0.246 e. The summed E-state index contributed by atoms with van der Waals surface area (Å²) in [6.45, 7) is 5.12. The Kier molecular flexibility index (Phi) is 5.12. The van der Waals surface area contributed by atoms with E-state index in [0.29, 0.717) is 19.6 Å². The van der Waals surface area contributed by atoms with Gasteiger partial charge in [0.2, 0.25) is 11.8 Å². The van der Waals surface area contributed by atoms with Crippen molar-refractivity contribution in [1.29, 1.82) is 0 Å². The zero-order chi connectivity index (χ0) is 16.1. The Morgan fingerprint density at radius 1 is 1.04 bits per heavy atom. The lowest BCUT2D eigenvalue weighted by Gasteiger charge is -2.34. The monoisotopic (exact) mass is 317 g/mol. The molecule has 0 aliphatic carbocycles. The number of carbonyl (C=O) groups is 2. The molecule has 23 heavy (non-hydrogen) atoms. The van der Waals surface area contributed by atoms with Gasteiger partial charge in [0.1, 0.15) is 0 Å². The third-order valence-corrected chi connectivity index (χ3v) is 4.46. The molecule has 6 heteroatoms. The molecule has 0 atom stereocenters. The van der Waals surface area contributed by atoms with Crippen LogP contribution in [0.25, 0.3) is 6.08 Å². The zero-order valence-corrected chi connectivity index (χ0v) is 13.3. The Hall–Kier alpha value is -2.08. The first-order valence-corrected chi connectivity index (χ1v) is 8.22. The van der Waals surface area contributed by atoms with Crippen molar-refractivity contribution in [3.8, 4) is 0 Å². The van der Waals surface area contributed by atoms with Crippen LogP contribution in [0.2, 0.25) is 0 Å². The highest BCUT2D eigenvalue weighted by molar-refractivity contribution is 5.91. The van der Waals surface area contributed by atoms with Crippen LogP contribution in [0.1, 0.15) is 18.4 Å². The van der Waals surface area contributed by atoms with Gasteiger partial charge in [-0.1, -0.05) is 0 Å². The van der Waals surface area contributed by atoms with Gasteiger partial charge in [-0.05, 0) is 25.0 Å². The Balaban J connectivity index is 1.42. The van der Waals surface area contributed by atoms with E-state index in [4.69, 9.17) is 4.42 Å². The van der Waals surface area contributed by atoms with Crippen molar-refractivity contribution in [2.45, 2.75) is 12.8 Å². The molecular formula is C17H23N3O3. The topological polar surface area (TPSA) is 57.0 Å². The summed E-state index contributed by atoms with van der Waals surface area (Å²) in [5, 5.41) is 0. The second-order valence-electron chi connectivity index (χ2n) is 6.08. The Morgan fingerprint density at radius 3 is 2.43 bits per heavy atom. The van der Waals surface area contributed by atoms with Crippen molar-refractivity contribution in [2.75, 3.05) is 45.8 Å². The molecule has 6 nitrogen and oxygen atoms in total. The minimum absolute atomic E-state index is 0.0109. The van der Waals surface area contributed by atoms with Crippen LogP contribution in [0.3, 0.4) is 0 Å². The summed E-state index contributed by atoms with van der Waals surface area (Å²) in [6, 6.07) is 1.81. The van der Waals surface area contributed by atoms with E-state index in [9.17, 15) is 9.59 Å². The summed E-state index contributed by atoms with van der Waals surface area (Å²) in [5.41, 5.74) is 0.883. The molecule has 2 amide bonds. The highest BCUT2D eigenvalue weighted by Crippen LogP contribution is 2.10. The van der Waals surface area contributed by atoms with Gasteiger partial charge < -0.3 is 14.2 Å². The van der Waals surface area contributed by atoms with Crippen LogP contribution in [0.5, 0.6) is 0 Å². The summed E-state index contributed by atoms with van der Waals surface area (Å²) < 4.78 is 4.97. The lowest BCUT2D eigenvalue weighted by molar-refractivity contribution is -0.132. The van der Waals surface area contributed by atoms with E-state index in [0.717, 1.165) is 44.6 Å². The maximum atomic E-state index is 12.1. The maximum absolute atomic E-state index is 12.1. The van der Waals surface area contributed by atoms with E-state index >= 15 is 0 Å². The Morgan fingerprint density at radius 2 is 1.78 bits per heavy atom. The smallest absolute Gasteiger partial charge is 0.246 e. The number of rotatable bonds is 4. The van der Waals surface area contributed by atoms with Crippen molar-refractivity contribution in [1.82, 2.24) is 14.7 Å². The quantitative estimate of drug-likeness (QED) is 0.779. The first kappa shape index (κ1) is 15.8. The van der Waals surface area contributed by atoms with E-state index in [1.165, 1.54) is 0 Å². The molecule has 1 aromatic rings. The molecule has 0 spiro atoms. The second-order valence-corrected chi connectivity index (χ2v) is 6.08. The first-order valence-electron chi connectivity index (χ1n) is 8.22. The highest BCUT2D eigenvalue weighted by atomic mass is 16.3. The van der Waals surface area contributed by atoms with Crippen LogP contribution < -0.4 is 0 Å². The molecule has 2 aliphatic rings. The van der Waals surface area contributed by atoms with Crippen molar-refractivity contribution in [3.05, 3.63) is 30.2 Å². The molecule has 2 aliphatic heterocycles. The average molecular weight is 317 g/mol. The van der Waals surface area contributed by atoms with Gasteiger partial charge in [-0.25, -0.2) is 0 Å². The highest BCUT2D eigenvalue weighted by Gasteiger charge is 2.24. The Labute approximate surface area is 136 Å². The minimum Gasteiger partial charge on any atom is -0.472 e. The third kappa shape index (κ3) is 4.22. The number of likely N-dealkylation sites (tertiary alicyclic amines) is 1. The van der Waals surface area contributed by atoms with Crippen LogP contribution in [0.15, 0.2) is 29.1 Å². The number of hydrogen-bond acceptors (Lipinski definition) is 4. The SMILES string of the molecule is O=C(/C=C/c1ccoc1)N1CCN(CC(=O)N2CCCC2)CC1. The van der Waals surface area contributed by atoms with Gasteiger partial charge in [-0.15, -0.1) is 0 Å². The Bertz CT molecular complexity index is 554. The zero-order valence-electron chi connectivity index (χ0n) is 13.3. The predicted molar refractivity (Wildman–Crippen MR) is 86.6 cm³/mol. The molecule has 0 N–H and O–H groups in total. The average Bonchev–Trinajstić information content (AvgIpc) is 3.26. The van der Waals surface area contributed by atoms with E-state index < -0.39 is 0 Å². The predicted octanol–water partition coefficient (Wildman–Crippen LogP) is 1.06. The van der Waals surface area contributed by atoms with Crippen LogP contribution in [0.4, 0.5) is 0 Å². The number of piperazine rings is 1. The van der Waals surface area contributed by atoms with Gasteiger partial charge in [-0.2, -0.15) is 0 Å². The van der Waals surface area contributed by atoms with Gasteiger partial charge in [0.25, 0.3) is 0 Å². The van der Waals surface area contributed by atoms with Gasteiger partial charge in [0.05, 0.1) is 19.1 Å². The van der Waals surface area contributed by atoms with Gasteiger partial charge in [-0.3, -0.25) is 14.5 Å². The summed E-state index contributed by atoms with van der Waals surface area (Å²) in [5.74, 6) is 0.235. The van der Waals surface area contributed by atoms with E-state index in [2.05, 4.69) is 4.90 Å². The molecule has 3 rings (SSSR count). The van der Waals surface area contributed by atoms with Gasteiger partial charge in [0.15, 0.2) is 0 Å². The fourth-order valence-electron chi connectivity index (χ4n) is 3.03. The lowest BCUT2D eigenvalue weighted by Crippen LogP contribution is -2.51.